The van der Waals surface area contributed by atoms with Crippen molar-refractivity contribution in [2.45, 2.75) is 64.7 Å². The van der Waals surface area contributed by atoms with Crippen molar-refractivity contribution in [2.24, 2.45) is 0 Å². The second kappa shape index (κ2) is 21.8. The largest absolute Gasteiger partial charge is 0.454 e. The van der Waals surface area contributed by atoms with Gasteiger partial charge in [0.1, 0.15) is 11.5 Å². The molecule has 0 spiro atoms. The molecular weight excluding hydrogens is 1100 g/mol. The van der Waals surface area contributed by atoms with Crippen molar-refractivity contribution in [3.8, 4) is 34.4 Å². The molecule has 1 aliphatic carbocycles. The first-order valence-corrected chi connectivity index (χ1v) is 31.2. The first-order chi connectivity index (χ1) is 43.9. The molecule has 0 unspecified atom stereocenters. The van der Waals surface area contributed by atoms with Crippen LogP contribution < -0.4 is 19.7 Å². The maximum Gasteiger partial charge on any atom is 0.156 e. The van der Waals surface area contributed by atoms with Gasteiger partial charge in [0.2, 0.25) is 0 Å². The molecular formula is C84H70N4O2. The first-order valence-electron chi connectivity index (χ1n) is 31.2. The Bertz CT molecular complexity index is 5050. The third-order valence-electron chi connectivity index (χ3n) is 18.9. The van der Waals surface area contributed by atoms with Gasteiger partial charge >= 0.3 is 0 Å². The zero-order chi connectivity index (χ0) is 61.5. The van der Waals surface area contributed by atoms with E-state index in [1.165, 1.54) is 44.2 Å². The van der Waals surface area contributed by atoms with Crippen molar-refractivity contribution in [1.82, 2.24) is 9.13 Å². The van der Waals surface area contributed by atoms with Gasteiger partial charge in [0.15, 0.2) is 11.5 Å². The molecule has 6 heteroatoms. The van der Waals surface area contributed by atoms with E-state index in [-0.39, 0.29) is 0 Å². The quantitative estimate of drug-likeness (QED) is 0.146. The van der Waals surface area contributed by atoms with E-state index in [9.17, 15) is 0 Å². The SMILES string of the molecule is C=C/C=C\C=C/C.CC1(C)c2cc(-n3c4ccccc4c4cc(Nc5ccccc5)ccc43)c3c(c2C=Cc2c1cc(-n1c4ccccc4c4cc(N(c5ccccc5)c5ccccc5)ccc41)c1c2C(C)(C)c2ccccc2O1)C(C)(C)c1ccccc1O3. The summed E-state index contributed by atoms with van der Waals surface area (Å²) in [4.78, 5) is 2.35. The molecule has 0 radical (unpaired) electrons. The summed E-state index contributed by atoms with van der Waals surface area (Å²) in [6.45, 7) is 19.9. The molecule has 6 nitrogen and oxygen atoms in total. The van der Waals surface area contributed by atoms with E-state index in [4.69, 9.17) is 9.47 Å². The van der Waals surface area contributed by atoms with Gasteiger partial charge in [-0.3, -0.25) is 0 Å². The molecule has 0 bridgehead atoms. The van der Waals surface area contributed by atoms with Crippen LogP contribution in [0.3, 0.4) is 0 Å². The van der Waals surface area contributed by atoms with Crippen molar-refractivity contribution in [3.05, 3.63) is 318 Å². The fraction of sp³-hybridized carbons (Fsp3) is 0.119. The summed E-state index contributed by atoms with van der Waals surface area (Å²) < 4.78 is 19.8. The Morgan fingerprint density at radius 3 is 1.34 bits per heavy atom. The van der Waals surface area contributed by atoms with Gasteiger partial charge in [-0.15, -0.1) is 0 Å². The predicted molar refractivity (Wildman–Crippen MR) is 378 cm³/mol. The van der Waals surface area contributed by atoms with Crippen LogP contribution in [0, 0.1) is 0 Å². The van der Waals surface area contributed by atoms with E-state index in [0.29, 0.717) is 0 Å². The number of ether oxygens (including phenoxy) is 2. The highest BCUT2D eigenvalue weighted by molar-refractivity contribution is 6.12. The summed E-state index contributed by atoms with van der Waals surface area (Å²) in [5.41, 5.74) is 19.7. The lowest BCUT2D eigenvalue weighted by molar-refractivity contribution is 0.414. The lowest BCUT2D eigenvalue weighted by Crippen LogP contribution is -2.31. The molecule has 11 aromatic carbocycles. The molecule has 2 aliphatic heterocycles. The minimum Gasteiger partial charge on any atom is -0.454 e. The molecule has 2 aromatic heterocycles. The number of benzene rings is 11. The summed E-state index contributed by atoms with van der Waals surface area (Å²) in [6.07, 6.45) is 14.3. The second-order valence-electron chi connectivity index (χ2n) is 25.3. The molecule has 438 valence electrons. The van der Waals surface area contributed by atoms with E-state index < -0.39 is 16.2 Å². The van der Waals surface area contributed by atoms with Crippen LogP contribution >= 0.6 is 0 Å². The van der Waals surface area contributed by atoms with Crippen LogP contribution in [0.25, 0.3) is 67.1 Å². The average Bonchev–Trinajstić information content (AvgIpc) is 1.30. The van der Waals surface area contributed by atoms with Crippen LogP contribution in [0.1, 0.15) is 93.0 Å². The number of nitrogens with one attached hydrogen (secondary N) is 1. The Labute approximate surface area is 527 Å². The molecule has 90 heavy (non-hydrogen) atoms. The van der Waals surface area contributed by atoms with Crippen LogP contribution in [0.4, 0.5) is 28.4 Å². The number of hydrogen-bond donors (Lipinski definition) is 1. The topological polar surface area (TPSA) is 43.6 Å². The smallest absolute Gasteiger partial charge is 0.156 e. The minimum absolute atomic E-state index is 0.461. The Kier molecular flexibility index (Phi) is 13.5. The van der Waals surface area contributed by atoms with Crippen LogP contribution in [0.15, 0.2) is 274 Å². The van der Waals surface area contributed by atoms with Gasteiger partial charge in [0.25, 0.3) is 0 Å². The van der Waals surface area contributed by atoms with Crippen LogP contribution in [-0.2, 0) is 16.2 Å². The van der Waals surface area contributed by atoms with E-state index in [1.54, 1.807) is 6.08 Å². The highest BCUT2D eigenvalue weighted by Gasteiger charge is 2.46. The van der Waals surface area contributed by atoms with Gasteiger partial charge < -0.3 is 28.8 Å². The molecule has 0 saturated carbocycles. The number of fused-ring (bicyclic) bond motifs is 14. The van der Waals surface area contributed by atoms with Crippen molar-refractivity contribution in [3.63, 3.8) is 0 Å². The van der Waals surface area contributed by atoms with Gasteiger partial charge in [-0.2, -0.15) is 0 Å². The molecule has 13 aromatic rings. The maximum atomic E-state index is 7.46. The number of rotatable bonds is 9. The Balaban J connectivity index is 0.000000915. The Morgan fingerprint density at radius 2 is 0.833 bits per heavy atom. The van der Waals surface area contributed by atoms with E-state index in [2.05, 4.69) is 316 Å². The number of para-hydroxylation sites is 7. The van der Waals surface area contributed by atoms with Crippen molar-refractivity contribution < 1.29 is 9.47 Å². The number of aromatic nitrogens is 2. The molecule has 0 fully saturated rings. The van der Waals surface area contributed by atoms with Gasteiger partial charge in [-0.1, -0.05) is 218 Å². The zero-order valence-electron chi connectivity index (χ0n) is 51.9. The highest BCUT2D eigenvalue weighted by atomic mass is 16.5. The Hall–Kier alpha value is -10.8. The first kappa shape index (κ1) is 55.7. The summed E-state index contributed by atoms with van der Waals surface area (Å²) in [7, 11) is 0. The average molecular weight is 1170 g/mol. The summed E-state index contributed by atoms with van der Waals surface area (Å²) in [6, 6.07) is 85.3. The number of hydrogen-bond acceptors (Lipinski definition) is 4. The van der Waals surface area contributed by atoms with Gasteiger partial charge in [0, 0.05) is 88.5 Å². The monoisotopic (exact) mass is 1170 g/mol. The molecule has 16 rings (SSSR count). The van der Waals surface area contributed by atoms with Crippen LogP contribution in [-0.4, -0.2) is 9.13 Å². The van der Waals surface area contributed by atoms with E-state index in [0.717, 1.165) is 107 Å². The van der Waals surface area contributed by atoms with E-state index in [1.807, 2.05) is 31.2 Å². The minimum atomic E-state index is -0.592. The van der Waals surface area contributed by atoms with Crippen molar-refractivity contribution in [2.75, 3.05) is 10.2 Å². The van der Waals surface area contributed by atoms with Crippen LogP contribution in [0.5, 0.6) is 23.0 Å². The highest BCUT2D eigenvalue weighted by Crippen LogP contribution is 2.60. The fourth-order valence-corrected chi connectivity index (χ4v) is 14.6. The standard InChI is InChI=1S/C77H60N4O2.C7H10/c1-75(2)61-46-67(80-63-34-20-16-30-53(63)57-44-49(38-42-65(57)80)78-48-24-10-7-11-25-48)73-71(76(3,4)59-32-18-22-36-69(59)82-73)55(61)40-41-56-62(75)47-68(74-72(56)77(5,6)60-33-19-23-37-70(60)83-74)81-64-35-21-17-31-54(64)58-45-52(39-43-66(58)81)79(50-26-12-8-13-27-50)51-28-14-9-15-29-51;1-3-5-7-6-4-2/h7-47,78H,1-6H3;3-7H,1H2,2H3/b;6-4-,7-5-. The van der Waals surface area contributed by atoms with Crippen molar-refractivity contribution >= 4 is 84.2 Å². The molecule has 1 N–H and O–H groups in total. The number of nitrogens with zero attached hydrogens (tertiary/aromatic N) is 3. The predicted octanol–water partition coefficient (Wildman–Crippen LogP) is 23.1. The number of anilines is 5. The van der Waals surface area contributed by atoms with Crippen LogP contribution in [0.2, 0.25) is 0 Å². The molecule has 4 heterocycles. The zero-order valence-corrected chi connectivity index (χ0v) is 51.9. The molecule has 0 atom stereocenters. The number of allylic oxidation sites excluding steroid dienone is 5. The summed E-state index contributed by atoms with van der Waals surface area (Å²) in [5, 5.41) is 8.34. The van der Waals surface area contributed by atoms with E-state index >= 15 is 0 Å². The maximum absolute atomic E-state index is 7.46. The Morgan fingerprint density at radius 1 is 0.389 bits per heavy atom. The summed E-state index contributed by atoms with van der Waals surface area (Å²) in [5.74, 6) is 3.49. The molecule has 0 amide bonds. The normalized spacial score (nSPS) is 14.5. The third-order valence-corrected chi connectivity index (χ3v) is 18.9. The lowest BCUT2D eigenvalue weighted by atomic mass is 9.67. The third kappa shape index (κ3) is 8.91. The van der Waals surface area contributed by atoms with Crippen molar-refractivity contribution in [1.29, 1.82) is 0 Å². The van der Waals surface area contributed by atoms with Gasteiger partial charge in [0.05, 0.1) is 33.4 Å². The summed E-state index contributed by atoms with van der Waals surface area (Å²) >= 11 is 0. The fourth-order valence-electron chi connectivity index (χ4n) is 14.6. The molecule has 0 saturated heterocycles. The molecule has 3 aliphatic rings. The second-order valence-corrected chi connectivity index (χ2v) is 25.3. The van der Waals surface area contributed by atoms with Gasteiger partial charge in [-0.05, 0) is 138 Å². The lowest BCUT2D eigenvalue weighted by Gasteiger charge is -2.41. The van der Waals surface area contributed by atoms with Gasteiger partial charge in [-0.25, -0.2) is 0 Å².